The van der Waals surface area contributed by atoms with Crippen LogP contribution in [0, 0.1) is 5.92 Å². The standard InChI is InChI=1S/C23H32N2/c1-6-15-12-18-19(23(4,5)11-10-22(18,2)3)14-17(15)21-13-16-8-7-9-20(16)24-25-21/h12,14,16H,6-11,13H2,1-5H3. The zero-order chi connectivity index (χ0) is 17.8. The van der Waals surface area contributed by atoms with E-state index in [2.05, 4.69) is 57.0 Å². The highest BCUT2D eigenvalue weighted by molar-refractivity contribution is 6.07. The number of nitrogens with zero attached hydrogens (tertiary/aromatic N) is 2. The predicted molar refractivity (Wildman–Crippen MR) is 107 cm³/mol. The second-order valence-corrected chi connectivity index (χ2v) is 9.61. The molecule has 0 bridgehead atoms. The Balaban J connectivity index is 1.84. The first-order valence-electron chi connectivity index (χ1n) is 10.1. The Morgan fingerprint density at radius 2 is 1.68 bits per heavy atom. The van der Waals surface area contributed by atoms with Crippen molar-refractivity contribution in [1.82, 2.24) is 0 Å². The third-order valence-electron chi connectivity index (χ3n) is 6.96. The minimum absolute atomic E-state index is 0.253. The van der Waals surface area contributed by atoms with E-state index in [1.807, 2.05) is 0 Å². The maximum absolute atomic E-state index is 4.69. The number of hydrogen-bond acceptors (Lipinski definition) is 2. The second-order valence-electron chi connectivity index (χ2n) is 9.61. The van der Waals surface area contributed by atoms with Crippen molar-refractivity contribution in [3.05, 3.63) is 34.4 Å². The molecule has 1 atom stereocenters. The third kappa shape index (κ3) is 2.78. The molecule has 0 amide bonds. The quantitative estimate of drug-likeness (QED) is 0.638. The fourth-order valence-corrected chi connectivity index (χ4v) is 5.03. The van der Waals surface area contributed by atoms with Crippen molar-refractivity contribution in [2.45, 2.75) is 90.4 Å². The summed E-state index contributed by atoms with van der Waals surface area (Å²) in [5.41, 5.74) is 9.05. The molecule has 2 aliphatic carbocycles. The van der Waals surface area contributed by atoms with Gasteiger partial charge in [0.1, 0.15) is 0 Å². The van der Waals surface area contributed by atoms with Crippen LogP contribution in [0.3, 0.4) is 0 Å². The van der Waals surface area contributed by atoms with Crippen LogP contribution in [0.15, 0.2) is 22.3 Å². The van der Waals surface area contributed by atoms with Gasteiger partial charge in [0.2, 0.25) is 0 Å². The zero-order valence-corrected chi connectivity index (χ0v) is 16.6. The van der Waals surface area contributed by atoms with Gasteiger partial charge >= 0.3 is 0 Å². The molecular weight excluding hydrogens is 304 g/mol. The highest BCUT2D eigenvalue weighted by Crippen LogP contribution is 2.47. The van der Waals surface area contributed by atoms with Gasteiger partial charge in [0.25, 0.3) is 0 Å². The summed E-state index contributed by atoms with van der Waals surface area (Å²) in [5, 5.41) is 9.29. The van der Waals surface area contributed by atoms with Crippen molar-refractivity contribution < 1.29 is 0 Å². The highest BCUT2D eigenvalue weighted by Gasteiger charge is 2.38. The summed E-state index contributed by atoms with van der Waals surface area (Å²) in [5.74, 6) is 0.651. The van der Waals surface area contributed by atoms with E-state index >= 15 is 0 Å². The zero-order valence-electron chi connectivity index (χ0n) is 16.6. The van der Waals surface area contributed by atoms with Crippen molar-refractivity contribution >= 4 is 11.4 Å². The highest BCUT2D eigenvalue weighted by atomic mass is 15.2. The van der Waals surface area contributed by atoms with Crippen LogP contribution in [0.2, 0.25) is 0 Å². The molecule has 1 saturated carbocycles. The maximum Gasteiger partial charge on any atom is 0.0712 e. The van der Waals surface area contributed by atoms with Crippen molar-refractivity contribution in [1.29, 1.82) is 0 Å². The Morgan fingerprint density at radius 1 is 1.00 bits per heavy atom. The fraction of sp³-hybridized carbons (Fsp3) is 0.652. The summed E-state index contributed by atoms with van der Waals surface area (Å²) in [6, 6.07) is 4.99. The SMILES string of the molecule is CCc1cc2c(cc1C1=NN=C3CCCC3C1)C(C)(C)CCC2(C)C. The summed E-state index contributed by atoms with van der Waals surface area (Å²) in [6.07, 6.45) is 8.43. The Kier molecular flexibility index (Phi) is 3.94. The van der Waals surface area contributed by atoms with Gasteiger partial charge in [-0.3, -0.25) is 0 Å². The van der Waals surface area contributed by atoms with E-state index in [0.717, 1.165) is 19.3 Å². The smallest absolute Gasteiger partial charge is 0.0712 e. The van der Waals surface area contributed by atoms with E-state index in [-0.39, 0.29) is 10.8 Å². The summed E-state index contributed by atoms with van der Waals surface area (Å²) in [4.78, 5) is 0. The Labute approximate surface area is 152 Å². The minimum atomic E-state index is 0.253. The number of rotatable bonds is 2. The van der Waals surface area contributed by atoms with Crippen molar-refractivity contribution in [3.8, 4) is 0 Å². The lowest BCUT2D eigenvalue weighted by molar-refractivity contribution is 0.331. The maximum atomic E-state index is 4.69. The summed E-state index contributed by atoms with van der Waals surface area (Å²) in [6.45, 7) is 11.9. The van der Waals surface area contributed by atoms with Crippen LogP contribution in [-0.4, -0.2) is 11.4 Å². The molecule has 0 aromatic heterocycles. The molecule has 1 fully saturated rings. The molecule has 134 valence electrons. The Morgan fingerprint density at radius 3 is 2.36 bits per heavy atom. The van der Waals surface area contributed by atoms with Crippen LogP contribution in [-0.2, 0) is 17.3 Å². The first-order valence-corrected chi connectivity index (χ1v) is 10.1. The van der Waals surface area contributed by atoms with E-state index in [1.54, 1.807) is 11.1 Å². The fourth-order valence-electron chi connectivity index (χ4n) is 5.03. The number of hydrogen-bond donors (Lipinski definition) is 0. The molecule has 1 heterocycles. The molecule has 1 aliphatic heterocycles. The van der Waals surface area contributed by atoms with Crippen LogP contribution in [0.25, 0.3) is 0 Å². The van der Waals surface area contributed by atoms with Crippen molar-refractivity contribution in [3.63, 3.8) is 0 Å². The molecule has 2 nitrogen and oxygen atoms in total. The monoisotopic (exact) mass is 336 g/mol. The van der Waals surface area contributed by atoms with Crippen LogP contribution in [0.5, 0.6) is 0 Å². The van der Waals surface area contributed by atoms with Gasteiger partial charge in [-0.2, -0.15) is 10.2 Å². The molecule has 0 radical (unpaired) electrons. The molecule has 1 aromatic rings. The van der Waals surface area contributed by atoms with Gasteiger partial charge in [0.15, 0.2) is 0 Å². The van der Waals surface area contributed by atoms with E-state index in [0.29, 0.717) is 5.92 Å². The second kappa shape index (κ2) is 5.79. The first-order chi connectivity index (χ1) is 11.8. The molecule has 0 N–H and O–H groups in total. The molecular formula is C23H32N2. The molecule has 0 spiro atoms. The van der Waals surface area contributed by atoms with Gasteiger partial charge in [-0.05, 0) is 72.1 Å². The molecule has 25 heavy (non-hydrogen) atoms. The van der Waals surface area contributed by atoms with Crippen LogP contribution in [0.4, 0.5) is 0 Å². The first kappa shape index (κ1) is 17.0. The van der Waals surface area contributed by atoms with E-state index in [4.69, 9.17) is 0 Å². The largest absolute Gasteiger partial charge is 0.160 e. The lowest BCUT2D eigenvalue weighted by Crippen LogP contribution is -2.34. The molecule has 1 unspecified atom stereocenters. The average Bonchev–Trinajstić information content (AvgIpc) is 3.05. The number of fused-ring (bicyclic) bond motifs is 2. The van der Waals surface area contributed by atoms with Gasteiger partial charge in [0.05, 0.1) is 5.71 Å². The topological polar surface area (TPSA) is 24.7 Å². The van der Waals surface area contributed by atoms with E-state index < -0.39 is 0 Å². The average molecular weight is 337 g/mol. The van der Waals surface area contributed by atoms with Gasteiger partial charge in [-0.1, -0.05) is 40.7 Å². The molecule has 3 aliphatic rings. The number of benzene rings is 1. The predicted octanol–water partition coefficient (Wildman–Crippen LogP) is 5.95. The third-order valence-corrected chi connectivity index (χ3v) is 6.96. The normalized spacial score (nSPS) is 26.5. The van der Waals surface area contributed by atoms with E-state index in [9.17, 15) is 0 Å². The minimum Gasteiger partial charge on any atom is -0.160 e. The van der Waals surface area contributed by atoms with Gasteiger partial charge in [-0.15, -0.1) is 0 Å². The molecule has 2 heteroatoms. The van der Waals surface area contributed by atoms with E-state index in [1.165, 1.54) is 48.2 Å². The van der Waals surface area contributed by atoms with Crippen LogP contribution in [0.1, 0.15) is 95.4 Å². The van der Waals surface area contributed by atoms with Crippen LogP contribution < -0.4 is 0 Å². The summed E-state index contributed by atoms with van der Waals surface area (Å²) >= 11 is 0. The Bertz CT molecular complexity index is 765. The van der Waals surface area contributed by atoms with Gasteiger partial charge in [-0.25, -0.2) is 0 Å². The lowest BCUT2D eigenvalue weighted by atomic mass is 9.62. The molecule has 4 rings (SSSR count). The lowest BCUT2D eigenvalue weighted by Gasteiger charge is -2.42. The Hall–Kier alpha value is -1.44. The van der Waals surface area contributed by atoms with Gasteiger partial charge in [0, 0.05) is 23.6 Å². The number of aryl methyl sites for hydroxylation is 1. The molecule has 0 saturated heterocycles. The summed E-state index contributed by atoms with van der Waals surface area (Å²) < 4.78 is 0. The van der Waals surface area contributed by atoms with Crippen LogP contribution >= 0.6 is 0 Å². The van der Waals surface area contributed by atoms with Gasteiger partial charge < -0.3 is 0 Å². The molecule has 1 aromatic carbocycles. The van der Waals surface area contributed by atoms with Crippen molar-refractivity contribution in [2.24, 2.45) is 16.1 Å². The van der Waals surface area contributed by atoms with Crippen molar-refractivity contribution in [2.75, 3.05) is 0 Å². The summed E-state index contributed by atoms with van der Waals surface area (Å²) in [7, 11) is 0.